The van der Waals surface area contributed by atoms with Gasteiger partial charge in [-0.25, -0.2) is 0 Å². The van der Waals surface area contributed by atoms with Crippen molar-refractivity contribution in [2.24, 2.45) is 0 Å². The standard InChI is InChI=1S/C12H13NO2/c1-8-7-13(8)12(15)11-5-3-4-10(6-11)9(2)14/h3-6,8H,7H2,1-2H3. The van der Waals surface area contributed by atoms with Crippen molar-refractivity contribution in [3.8, 4) is 0 Å². The van der Waals surface area contributed by atoms with E-state index >= 15 is 0 Å². The zero-order chi connectivity index (χ0) is 11.0. The molecule has 0 spiro atoms. The molecule has 1 aliphatic rings. The number of carbonyl (C=O) groups is 2. The lowest BCUT2D eigenvalue weighted by Gasteiger charge is -2.03. The third kappa shape index (κ3) is 1.91. The summed E-state index contributed by atoms with van der Waals surface area (Å²) in [6.45, 7) is 4.33. The van der Waals surface area contributed by atoms with E-state index in [1.807, 2.05) is 6.92 Å². The fourth-order valence-corrected chi connectivity index (χ4v) is 1.56. The first-order valence-corrected chi connectivity index (χ1v) is 5.01. The molecule has 0 saturated carbocycles. The van der Waals surface area contributed by atoms with Gasteiger partial charge in [-0.1, -0.05) is 12.1 Å². The highest BCUT2D eigenvalue weighted by Crippen LogP contribution is 2.20. The van der Waals surface area contributed by atoms with E-state index in [-0.39, 0.29) is 11.7 Å². The maximum absolute atomic E-state index is 11.8. The molecule has 1 fully saturated rings. The molecule has 15 heavy (non-hydrogen) atoms. The van der Waals surface area contributed by atoms with Crippen molar-refractivity contribution in [3.05, 3.63) is 35.4 Å². The van der Waals surface area contributed by atoms with Crippen molar-refractivity contribution in [1.82, 2.24) is 4.90 Å². The second-order valence-corrected chi connectivity index (χ2v) is 3.94. The molecule has 3 nitrogen and oxygen atoms in total. The van der Waals surface area contributed by atoms with Crippen LogP contribution in [0.2, 0.25) is 0 Å². The van der Waals surface area contributed by atoms with E-state index in [2.05, 4.69) is 0 Å². The van der Waals surface area contributed by atoms with Gasteiger partial charge >= 0.3 is 0 Å². The molecule has 1 aromatic rings. The predicted octanol–water partition coefficient (Wildman–Crippen LogP) is 1.73. The van der Waals surface area contributed by atoms with Crippen LogP contribution in [0, 0.1) is 0 Å². The van der Waals surface area contributed by atoms with Gasteiger partial charge in [-0.3, -0.25) is 9.59 Å². The molecule has 78 valence electrons. The van der Waals surface area contributed by atoms with Gasteiger partial charge in [0.25, 0.3) is 5.91 Å². The molecule has 2 rings (SSSR count). The summed E-state index contributed by atoms with van der Waals surface area (Å²) in [5, 5.41) is 0. The lowest BCUT2D eigenvalue weighted by Crippen LogP contribution is -2.13. The van der Waals surface area contributed by atoms with E-state index in [0.29, 0.717) is 17.2 Å². The highest BCUT2D eigenvalue weighted by atomic mass is 16.2. The maximum Gasteiger partial charge on any atom is 0.254 e. The molecule has 1 aromatic carbocycles. The smallest absolute Gasteiger partial charge is 0.254 e. The third-order valence-corrected chi connectivity index (χ3v) is 2.64. The van der Waals surface area contributed by atoms with Gasteiger partial charge < -0.3 is 4.90 Å². The van der Waals surface area contributed by atoms with Crippen LogP contribution in [0.1, 0.15) is 34.6 Å². The number of amides is 1. The Kier molecular flexibility index (Phi) is 2.31. The summed E-state index contributed by atoms with van der Waals surface area (Å²) in [6.07, 6.45) is 0. The van der Waals surface area contributed by atoms with Gasteiger partial charge in [-0.05, 0) is 26.0 Å². The van der Waals surface area contributed by atoms with Crippen LogP contribution in [0.3, 0.4) is 0 Å². The minimum Gasteiger partial charge on any atom is -0.332 e. The zero-order valence-corrected chi connectivity index (χ0v) is 8.86. The predicted molar refractivity (Wildman–Crippen MR) is 56.9 cm³/mol. The van der Waals surface area contributed by atoms with Crippen molar-refractivity contribution in [2.75, 3.05) is 6.54 Å². The van der Waals surface area contributed by atoms with Crippen molar-refractivity contribution in [3.63, 3.8) is 0 Å². The van der Waals surface area contributed by atoms with Gasteiger partial charge in [-0.15, -0.1) is 0 Å². The average Bonchev–Trinajstić information content (AvgIpc) is 2.94. The number of hydrogen-bond donors (Lipinski definition) is 0. The van der Waals surface area contributed by atoms with Crippen LogP contribution in [-0.2, 0) is 0 Å². The first-order chi connectivity index (χ1) is 7.09. The summed E-state index contributed by atoms with van der Waals surface area (Å²) < 4.78 is 0. The van der Waals surface area contributed by atoms with Crippen molar-refractivity contribution < 1.29 is 9.59 Å². The van der Waals surface area contributed by atoms with Crippen LogP contribution in [0.25, 0.3) is 0 Å². The molecule has 3 heteroatoms. The summed E-state index contributed by atoms with van der Waals surface area (Å²) in [4.78, 5) is 24.7. The van der Waals surface area contributed by atoms with Gasteiger partial charge in [0.1, 0.15) is 0 Å². The first-order valence-electron chi connectivity index (χ1n) is 5.01. The Balaban J connectivity index is 2.25. The quantitative estimate of drug-likeness (QED) is 0.542. The Hall–Kier alpha value is -1.64. The Morgan fingerprint density at radius 3 is 2.47 bits per heavy atom. The molecule has 0 aromatic heterocycles. The molecule has 1 saturated heterocycles. The molecule has 1 atom stereocenters. The second-order valence-electron chi connectivity index (χ2n) is 3.94. The van der Waals surface area contributed by atoms with Crippen molar-refractivity contribution >= 4 is 11.7 Å². The summed E-state index contributed by atoms with van der Waals surface area (Å²) in [6, 6.07) is 7.23. The Morgan fingerprint density at radius 2 is 1.93 bits per heavy atom. The van der Waals surface area contributed by atoms with E-state index in [1.54, 1.807) is 29.2 Å². The summed E-state index contributed by atoms with van der Waals surface area (Å²) in [7, 11) is 0. The largest absolute Gasteiger partial charge is 0.332 e. The van der Waals surface area contributed by atoms with Gasteiger partial charge in [0.2, 0.25) is 0 Å². The number of rotatable bonds is 2. The molecule has 0 bridgehead atoms. The van der Waals surface area contributed by atoms with Crippen LogP contribution in [0.4, 0.5) is 0 Å². The monoisotopic (exact) mass is 203 g/mol. The number of hydrogen-bond acceptors (Lipinski definition) is 2. The van der Waals surface area contributed by atoms with Crippen molar-refractivity contribution in [1.29, 1.82) is 0 Å². The topological polar surface area (TPSA) is 37.1 Å². The minimum atomic E-state index is -0.0107. The highest BCUT2D eigenvalue weighted by Gasteiger charge is 2.34. The Morgan fingerprint density at radius 1 is 1.33 bits per heavy atom. The number of nitrogens with zero attached hydrogens (tertiary/aromatic N) is 1. The maximum atomic E-state index is 11.8. The lowest BCUT2D eigenvalue weighted by molar-refractivity contribution is 0.0876. The fourth-order valence-electron chi connectivity index (χ4n) is 1.56. The van der Waals surface area contributed by atoms with E-state index in [9.17, 15) is 9.59 Å². The SMILES string of the molecule is CC(=O)c1cccc(C(=O)N2CC2C)c1. The average molecular weight is 203 g/mol. The number of Topliss-reactive ketones (excluding diaryl/α,β-unsaturated/α-hetero) is 1. The van der Waals surface area contributed by atoms with Crippen LogP contribution in [0.5, 0.6) is 0 Å². The molecule has 0 radical (unpaired) electrons. The minimum absolute atomic E-state index is 0.0107. The number of benzene rings is 1. The highest BCUT2D eigenvalue weighted by molar-refractivity contribution is 6.00. The van der Waals surface area contributed by atoms with Crippen LogP contribution in [-0.4, -0.2) is 29.2 Å². The van der Waals surface area contributed by atoms with E-state index in [0.717, 1.165) is 6.54 Å². The van der Waals surface area contributed by atoms with E-state index in [4.69, 9.17) is 0 Å². The summed E-state index contributed by atoms with van der Waals surface area (Å²) in [5.74, 6) is 0.00842. The Bertz CT molecular complexity index is 425. The van der Waals surface area contributed by atoms with E-state index < -0.39 is 0 Å². The molecule has 1 aliphatic heterocycles. The molecule has 0 aliphatic carbocycles. The molecule has 0 N–H and O–H groups in total. The second kappa shape index (κ2) is 3.50. The van der Waals surface area contributed by atoms with Gasteiger partial charge in [-0.2, -0.15) is 0 Å². The molecular formula is C12H13NO2. The summed E-state index contributed by atoms with van der Waals surface area (Å²) >= 11 is 0. The Labute approximate surface area is 88.7 Å². The molecule has 1 unspecified atom stereocenters. The van der Waals surface area contributed by atoms with Crippen molar-refractivity contribution in [2.45, 2.75) is 19.9 Å². The lowest BCUT2D eigenvalue weighted by atomic mass is 10.1. The third-order valence-electron chi connectivity index (χ3n) is 2.64. The van der Waals surface area contributed by atoms with E-state index in [1.165, 1.54) is 6.92 Å². The van der Waals surface area contributed by atoms with Gasteiger partial charge in [0.15, 0.2) is 5.78 Å². The van der Waals surface area contributed by atoms with Crippen LogP contribution < -0.4 is 0 Å². The van der Waals surface area contributed by atoms with Gasteiger partial charge in [0.05, 0.1) is 0 Å². The molecular weight excluding hydrogens is 190 g/mol. The van der Waals surface area contributed by atoms with Crippen LogP contribution in [0.15, 0.2) is 24.3 Å². The number of ketones is 1. The first kappa shape index (κ1) is 9.90. The summed E-state index contributed by atoms with van der Waals surface area (Å²) in [5.41, 5.74) is 1.20. The fraction of sp³-hybridized carbons (Fsp3) is 0.333. The molecule has 1 amide bonds. The number of carbonyl (C=O) groups excluding carboxylic acids is 2. The zero-order valence-electron chi connectivity index (χ0n) is 8.86. The van der Waals surface area contributed by atoms with Gasteiger partial charge in [0, 0.05) is 23.7 Å². The normalized spacial score (nSPS) is 18.8. The molecule has 1 heterocycles. The van der Waals surface area contributed by atoms with Crippen LogP contribution >= 0.6 is 0 Å².